The van der Waals surface area contributed by atoms with Crippen molar-refractivity contribution in [2.24, 2.45) is 0 Å². The Morgan fingerprint density at radius 1 is 1.00 bits per heavy atom. The number of anilines is 2. The Morgan fingerprint density at radius 3 is 2.40 bits per heavy atom. The van der Waals surface area contributed by atoms with Gasteiger partial charge in [-0.25, -0.2) is 14.4 Å². The van der Waals surface area contributed by atoms with E-state index in [0.717, 1.165) is 42.6 Å². The van der Waals surface area contributed by atoms with Crippen molar-refractivity contribution >= 4 is 29.0 Å². The summed E-state index contributed by atoms with van der Waals surface area (Å²) >= 11 is 1.56. The van der Waals surface area contributed by atoms with Gasteiger partial charge in [0.15, 0.2) is 0 Å². The molecule has 0 atom stereocenters. The Kier molecular flexibility index (Phi) is 6.08. The predicted octanol–water partition coefficient (Wildman–Crippen LogP) is 4.14. The molecule has 1 aliphatic heterocycles. The molecular formula is C21H20FN5O2S. The van der Waals surface area contributed by atoms with Gasteiger partial charge in [-0.3, -0.25) is 10.1 Å². The number of piperazine rings is 1. The van der Waals surface area contributed by atoms with E-state index >= 15 is 0 Å². The normalized spacial score (nSPS) is 14.0. The van der Waals surface area contributed by atoms with Crippen LogP contribution >= 0.6 is 11.8 Å². The molecule has 30 heavy (non-hydrogen) atoms. The smallest absolute Gasteiger partial charge is 0.269 e. The third kappa shape index (κ3) is 4.68. The molecule has 4 rings (SSSR count). The molecule has 0 bridgehead atoms. The zero-order valence-corrected chi connectivity index (χ0v) is 17.0. The number of halogens is 1. The van der Waals surface area contributed by atoms with Gasteiger partial charge in [-0.2, -0.15) is 0 Å². The Hall–Kier alpha value is -3.20. The molecule has 0 aliphatic carbocycles. The second-order valence-electron chi connectivity index (χ2n) is 6.85. The lowest BCUT2D eigenvalue weighted by Crippen LogP contribution is -2.47. The number of thioether (sulfide) groups is 1. The summed E-state index contributed by atoms with van der Waals surface area (Å²) in [6.45, 7) is 2.93. The molecule has 2 aromatic carbocycles. The van der Waals surface area contributed by atoms with Crippen LogP contribution in [0.5, 0.6) is 0 Å². The van der Waals surface area contributed by atoms with Crippen LogP contribution in [0.4, 0.5) is 21.6 Å². The van der Waals surface area contributed by atoms with Crippen molar-refractivity contribution in [3.05, 3.63) is 82.4 Å². The van der Waals surface area contributed by atoms with E-state index in [9.17, 15) is 14.5 Å². The molecule has 0 unspecified atom stereocenters. The first kappa shape index (κ1) is 20.1. The zero-order chi connectivity index (χ0) is 20.9. The van der Waals surface area contributed by atoms with Crippen LogP contribution in [-0.4, -0.2) is 41.1 Å². The third-order valence-electron chi connectivity index (χ3n) is 4.96. The van der Waals surface area contributed by atoms with Gasteiger partial charge in [0, 0.05) is 50.1 Å². The largest absolute Gasteiger partial charge is 0.366 e. The van der Waals surface area contributed by atoms with Gasteiger partial charge in [0.05, 0.1) is 10.6 Å². The first-order valence-electron chi connectivity index (χ1n) is 9.53. The predicted molar refractivity (Wildman–Crippen MR) is 116 cm³/mol. The number of nitrogens with zero attached hydrogens (tertiary/aromatic N) is 5. The van der Waals surface area contributed by atoms with Crippen LogP contribution in [0, 0.1) is 15.9 Å². The van der Waals surface area contributed by atoms with E-state index in [4.69, 9.17) is 0 Å². The third-order valence-corrected chi connectivity index (χ3v) is 5.95. The zero-order valence-electron chi connectivity index (χ0n) is 16.1. The molecule has 1 aliphatic rings. The first-order chi connectivity index (χ1) is 14.6. The summed E-state index contributed by atoms with van der Waals surface area (Å²) in [6.07, 6.45) is 1.55. The van der Waals surface area contributed by atoms with Gasteiger partial charge in [-0.15, -0.1) is 11.8 Å². The van der Waals surface area contributed by atoms with Crippen molar-refractivity contribution in [3.8, 4) is 0 Å². The number of para-hydroxylation sites is 1. The lowest BCUT2D eigenvalue weighted by Gasteiger charge is -2.36. The van der Waals surface area contributed by atoms with Crippen LogP contribution in [0.1, 0.15) is 5.56 Å². The number of non-ortho nitro benzene ring substituents is 1. The highest BCUT2D eigenvalue weighted by Gasteiger charge is 2.20. The van der Waals surface area contributed by atoms with Gasteiger partial charge >= 0.3 is 0 Å². The number of benzene rings is 2. The van der Waals surface area contributed by atoms with Gasteiger partial charge in [-0.1, -0.05) is 24.3 Å². The minimum atomic E-state index is -0.403. The maximum absolute atomic E-state index is 14.0. The van der Waals surface area contributed by atoms with Crippen LogP contribution in [0.25, 0.3) is 0 Å². The number of nitro benzene ring substituents is 1. The average Bonchev–Trinajstić information content (AvgIpc) is 2.79. The molecule has 3 aromatic rings. The topological polar surface area (TPSA) is 75.4 Å². The number of hydrogen-bond donors (Lipinski definition) is 0. The van der Waals surface area contributed by atoms with E-state index in [-0.39, 0.29) is 11.5 Å². The highest BCUT2D eigenvalue weighted by Crippen LogP contribution is 2.26. The van der Waals surface area contributed by atoms with Gasteiger partial charge in [0.25, 0.3) is 5.69 Å². The number of nitro groups is 1. The molecule has 2 heterocycles. The van der Waals surface area contributed by atoms with Gasteiger partial charge in [0.1, 0.15) is 23.0 Å². The second-order valence-corrected chi connectivity index (χ2v) is 7.85. The second kappa shape index (κ2) is 9.08. The van der Waals surface area contributed by atoms with Gasteiger partial charge in [-0.05, 0) is 17.7 Å². The minimum absolute atomic E-state index is 0.0857. The van der Waals surface area contributed by atoms with Crippen LogP contribution in [-0.2, 0) is 5.75 Å². The highest BCUT2D eigenvalue weighted by molar-refractivity contribution is 7.98. The molecule has 154 valence electrons. The maximum Gasteiger partial charge on any atom is 0.269 e. The van der Waals surface area contributed by atoms with Crippen molar-refractivity contribution in [3.63, 3.8) is 0 Å². The molecule has 7 nitrogen and oxygen atoms in total. The summed E-state index contributed by atoms with van der Waals surface area (Å²) in [4.78, 5) is 23.3. The Bertz CT molecular complexity index is 1030. The van der Waals surface area contributed by atoms with Crippen molar-refractivity contribution in [2.45, 2.75) is 10.8 Å². The van der Waals surface area contributed by atoms with E-state index in [1.54, 1.807) is 36.3 Å². The maximum atomic E-state index is 14.0. The molecule has 0 N–H and O–H groups in total. The first-order valence-corrected chi connectivity index (χ1v) is 10.5. The van der Waals surface area contributed by atoms with E-state index < -0.39 is 4.92 Å². The van der Waals surface area contributed by atoms with Crippen LogP contribution in [0.15, 0.2) is 66.0 Å². The van der Waals surface area contributed by atoms with Crippen molar-refractivity contribution in [1.29, 1.82) is 0 Å². The summed E-state index contributed by atoms with van der Waals surface area (Å²) in [5.74, 6) is 1.32. The monoisotopic (exact) mass is 425 g/mol. The van der Waals surface area contributed by atoms with Gasteiger partial charge in [0.2, 0.25) is 0 Å². The minimum Gasteiger partial charge on any atom is -0.366 e. The molecular weight excluding hydrogens is 405 g/mol. The molecule has 0 saturated carbocycles. The van der Waals surface area contributed by atoms with Crippen molar-refractivity contribution < 1.29 is 9.31 Å². The van der Waals surface area contributed by atoms with Crippen molar-refractivity contribution in [1.82, 2.24) is 9.97 Å². The Morgan fingerprint density at radius 2 is 1.70 bits per heavy atom. The summed E-state index contributed by atoms with van der Waals surface area (Å²) in [6, 6.07) is 15.3. The van der Waals surface area contributed by atoms with E-state index in [1.165, 1.54) is 18.2 Å². The van der Waals surface area contributed by atoms with Crippen molar-refractivity contribution in [2.75, 3.05) is 36.0 Å². The summed E-state index contributed by atoms with van der Waals surface area (Å²) < 4.78 is 14.0. The van der Waals surface area contributed by atoms with E-state index in [2.05, 4.69) is 19.8 Å². The SMILES string of the molecule is O=[N+]([O-])c1ccc(CSc2cc(N3CCN(c4ccccc4F)CC3)ncn2)cc1. The summed E-state index contributed by atoms with van der Waals surface area (Å²) in [7, 11) is 0. The van der Waals surface area contributed by atoms with Crippen LogP contribution < -0.4 is 9.80 Å². The van der Waals surface area contributed by atoms with Gasteiger partial charge < -0.3 is 9.80 Å². The molecule has 0 spiro atoms. The number of aromatic nitrogens is 2. The number of rotatable bonds is 6. The summed E-state index contributed by atoms with van der Waals surface area (Å²) in [5, 5.41) is 11.6. The fourth-order valence-corrected chi connectivity index (χ4v) is 4.15. The molecule has 1 fully saturated rings. The fraction of sp³-hybridized carbons (Fsp3) is 0.238. The molecule has 9 heteroatoms. The molecule has 1 aromatic heterocycles. The van der Waals surface area contributed by atoms with Crippen LogP contribution in [0.3, 0.4) is 0 Å². The average molecular weight is 425 g/mol. The fourth-order valence-electron chi connectivity index (χ4n) is 3.34. The quantitative estimate of drug-likeness (QED) is 0.254. The van der Waals surface area contributed by atoms with Crippen LogP contribution in [0.2, 0.25) is 0 Å². The molecule has 1 saturated heterocycles. The molecule has 0 amide bonds. The molecule has 0 radical (unpaired) electrons. The highest BCUT2D eigenvalue weighted by atomic mass is 32.2. The van der Waals surface area contributed by atoms with E-state index in [1.807, 2.05) is 18.2 Å². The number of hydrogen-bond acceptors (Lipinski definition) is 7. The summed E-state index contributed by atoms with van der Waals surface area (Å²) in [5.41, 5.74) is 1.71. The Balaban J connectivity index is 1.35. The Labute approximate surface area is 177 Å². The van der Waals surface area contributed by atoms with E-state index in [0.29, 0.717) is 11.4 Å². The lowest BCUT2D eigenvalue weighted by molar-refractivity contribution is -0.384. The standard InChI is InChI=1S/C21H20FN5O2S/c22-18-3-1-2-4-19(18)25-9-11-26(12-10-25)20-13-21(24-15-23-20)30-14-16-5-7-17(8-6-16)27(28)29/h1-8,13,15H,9-12,14H2. The lowest BCUT2D eigenvalue weighted by atomic mass is 10.2.